The molecule has 0 bridgehead atoms. The van der Waals surface area contributed by atoms with Gasteiger partial charge in [-0.3, -0.25) is 4.79 Å². The van der Waals surface area contributed by atoms with E-state index in [1.165, 1.54) is 0 Å². The summed E-state index contributed by atoms with van der Waals surface area (Å²) >= 11 is 0. The van der Waals surface area contributed by atoms with E-state index in [0.717, 1.165) is 12.8 Å². The minimum atomic E-state index is 0.0538. The molecule has 0 aliphatic rings. The fourth-order valence-corrected chi connectivity index (χ4v) is 1.28. The molecule has 0 aromatic heterocycles. The summed E-state index contributed by atoms with van der Waals surface area (Å²) in [7, 11) is 0. The van der Waals surface area contributed by atoms with E-state index < -0.39 is 0 Å². The van der Waals surface area contributed by atoms with Crippen molar-refractivity contribution in [3.63, 3.8) is 0 Å². The summed E-state index contributed by atoms with van der Waals surface area (Å²) < 4.78 is 5.15. The number of nitriles is 1. The van der Waals surface area contributed by atoms with Gasteiger partial charge in [0.15, 0.2) is 0 Å². The number of hydrogen-bond acceptors (Lipinski definition) is 3. The number of ether oxygens (including phenoxy) is 1. The Bertz CT molecular complexity index is 211. The molecule has 0 N–H and O–H groups in total. The summed E-state index contributed by atoms with van der Waals surface area (Å²) in [4.78, 5) is 13.2. The maximum absolute atomic E-state index is 11.6. The zero-order chi connectivity index (χ0) is 11.5. The molecule has 0 fully saturated rings. The van der Waals surface area contributed by atoms with Gasteiger partial charge in [0.2, 0.25) is 5.91 Å². The minimum absolute atomic E-state index is 0.0538. The van der Waals surface area contributed by atoms with E-state index in [1.807, 2.05) is 19.9 Å². The molecular formula is C11H20N2O2. The molecule has 15 heavy (non-hydrogen) atoms. The lowest BCUT2D eigenvalue weighted by molar-refractivity contribution is -0.131. The lowest BCUT2D eigenvalue weighted by Crippen LogP contribution is -2.32. The number of nitrogens with zero attached hydrogens (tertiary/aromatic N) is 2. The van der Waals surface area contributed by atoms with Crippen molar-refractivity contribution < 1.29 is 9.53 Å². The largest absolute Gasteiger partial charge is 0.382 e. The standard InChI is InChI=1S/C11H20N2O2/c1-3-8-13(9-7-12)11(14)6-5-10-15-4-2/h3-6,8-10H2,1-2H3. The van der Waals surface area contributed by atoms with E-state index in [9.17, 15) is 4.79 Å². The first kappa shape index (κ1) is 13.9. The van der Waals surface area contributed by atoms with Crippen LogP contribution in [0.25, 0.3) is 0 Å². The quantitative estimate of drug-likeness (QED) is 0.453. The van der Waals surface area contributed by atoms with Crippen LogP contribution in [-0.4, -0.2) is 37.1 Å². The van der Waals surface area contributed by atoms with Crippen LogP contribution in [0.5, 0.6) is 0 Å². The Morgan fingerprint density at radius 3 is 2.73 bits per heavy atom. The molecule has 86 valence electrons. The molecule has 0 aromatic rings. The minimum Gasteiger partial charge on any atom is -0.382 e. The number of amides is 1. The Balaban J connectivity index is 3.77. The summed E-state index contributed by atoms with van der Waals surface area (Å²) in [6.07, 6.45) is 2.10. The first-order chi connectivity index (χ1) is 7.26. The van der Waals surface area contributed by atoms with Crippen LogP contribution < -0.4 is 0 Å². The molecule has 4 heteroatoms. The van der Waals surface area contributed by atoms with Crippen molar-refractivity contribution in [1.29, 1.82) is 5.26 Å². The fourth-order valence-electron chi connectivity index (χ4n) is 1.28. The average Bonchev–Trinajstić information content (AvgIpc) is 2.24. The summed E-state index contributed by atoms with van der Waals surface area (Å²) in [5, 5.41) is 8.55. The van der Waals surface area contributed by atoms with Crippen molar-refractivity contribution in [2.75, 3.05) is 26.3 Å². The second-order valence-electron chi connectivity index (χ2n) is 3.27. The fraction of sp³-hybridized carbons (Fsp3) is 0.818. The molecule has 0 atom stereocenters. The molecule has 0 spiro atoms. The third-order valence-electron chi connectivity index (χ3n) is 1.99. The molecule has 0 radical (unpaired) electrons. The van der Waals surface area contributed by atoms with Crippen LogP contribution in [0.15, 0.2) is 0 Å². The van der Waals surface area contributed by atoms with Crippen molar-refractivity contribution in [2.24, 2.45) is 0 Å². The van der Waals surface area contributed by atoms with Crippen molar-refractivity contribution in [1.82, 2.24) is 4.90 Å². The lowest BCUT2D eigenvalue weighted by atomic mass is 10.2. The molecule has 0 heterocycles. The van der Waals surface area contributed by atoms with Gasteiger partial charge in [-0.25, -0.2) is 0 Å². The Kier molecular flexibility index (Phi) is 8.79. The average molecular weight is 212 g/mol. The molecular weight excluding hydrogens is 192 g/mol. The Morgan fingerprint density at radius 2 is 2.20 bits per heavy atom. The van der Waals surface area contributed by atoms with Gasteiger partial charge in [-0.2, -0.15) is 5.26 Å². The highest BCUT2D eigenvalue weighted by Crippen LogP contribution is 1.99. The highest BCUT2D eigenvalue weighted by Gasteiger charge is 2.10. The number of hydrogen-bond donors (Lipinski definition) is 0. The van der Waals surface area contributed by atoms with Crippen LogP contribution in [0.1, 0.15) is 33.1 Å². The molecule has 0 unspecified atom stereocenters. The van der Waals surface area contributed by atoms with E-state index in [4.69, 9.17) is 10.00 Å². The van der Waals surface area contributed by atoms with Crippen molar-refractivity contribution in [2.45, 2.75) is 33.1 Å². The predicted octanol–water partition coefficient (Wildman–Crippen LogP) is 1.57. The molecule has 0 aliphatic carbocycles. The van der Waals surface area contributed by atoms with E-state index >= 15 is 0 Å². The maximum atomic E-state index is 11.6. The Labute approximate surface area is 91.8 Å². The number of carbonyl (C=O) groups is 1. The van der Waals surface area contributed by atoms with Crippen LogP contribution in [-0.2, 0) is 9.53 Å². The van der Waals surface area contributed by atoms with Gasteiger partial charge in [0, 0.05) is 26.2 Å². The van der Waals surface area contributed by atoms with Crippen LogP contribution in [0.3, 0.4) is 0 Å². The summed E-state index contributed by atoms with van der Waals surface area (Å²) in [5.74, 6) is 0.0538. The van der Waals surface area contributed by atoms with Crippen molar-refractivity contribution in [3.05, 3.63) is 0 Å². The topological polar surface area (TPSA) is 53.3 Å². The van der Waals surface area contributed by atoms with E-state index in [0.29, 0.717) is 26.2 Å². The van der Waals surface area contributed by atoms with Crippen LogP contribution >= 0.6 is 0 Å². The molecule has 0 aromatic carbocycles. The van der Waals surface area contributed by atoms with Gasteiger partial charge in [-0.05, 0) is 19.8 Å². The molecule has 0 rings (SSSR count). The molecule has 4 nitrogen and oxygen atoms in total. The van der Waals surface area contributed by atoms with Gasteiger partial charge in [-0.15, -0.1) is 0 Å². The molecule has 1 amide bonds. The van der Waals surface area contributed by atoms with Gasteiger partial charge in [0.25, 0.3) is 0 Å². The van der Waals surface area contributed by atoms with Gasteiger partial charge < -0.3 is 9.64 Å². The molecule has 0 saturated heterocycles. The highest BCUT2D eigenvalue weighted by molar-refractivity contribution is 5.76. The highest BCUT2D eigenvalue weighted by atomic mass is 16.5. The number of carbonyl (C=O) groups excluding carboxylic acids is 1. The first-order valence-corrected chi connectivity index (χ1v) is 5.48. The summed E-state index contributed by atoms with van der Waals surface area (Å²) in [6.45, 7) is 6.10. The van der Waals surface area contributed by atoms with Crippen molar-refractivity contribution >= 4 is 5.91 Å². The normalized spacial score (nSPS) is 9.67. The third kappa shape index (κ3) is 6.92. The smallest absolute Gasteiger partial charge is 0.223 e. The van der Waals surface area contributed by atoms with Crippen LogP contribution in [0.2, 0.25) is 0 Å². The monoisotopic (exact) mass is 212 g/mol. The van der Waals surface area contributed by atoms with Gasteiger partial charge in [0.05, 0.1) is 6.07 Å². The second kappa shape index (κ2) is 9.47. The second-order valence-corrected chi connectivity index (χ2v) is 3.27. The maximum Gasteiger partial charge on any atom is 0.223 e. The van der Waals surface area contributed by atoms with Crippen LogP contribution in [0.4, 0.5) is 0 Å². The van der Waals surface area contributed by atoms with Gasteiger partial charge in [0.1, 0.15) is 6.54 Å². The van der Waals surface area contributed by atoms with E-state index in [-0.39, 0.29) is 12.5 Å². The Hall–Kier alpha value is -1.08. The molecule has 0 saturated carbocycles. The first-order valence-electron chi connectivity index (χ1n) is 5.48. The SMILES string of the molecule is CCCN(CC#N)C(=O)CCCOCC. The zero-order valence-electron chi connectivity index (χ0n) is 9.66. The van der Waals surface area contributed by atoms with Gasteiger partial charge in [-0.1, -0.05) is 6.92 Å². The van der Waals surface area contributed by atoms with E-state index in [1.54, 1.807) is 4.90 Å². The van der Waals surface area contributed by atoms with Gasteiger partial charge >= 0.3 is 0 Å². The zero-order valence-corrected chi connectivity index (χ0v) is 9.66. The summed E-state index contributed by atoms with van der Waals surface area (Å²) in [5.41, 5.74) is 0. The lowest BCUT2D eigenvalue weighted by Gasteiger charge is -2.18. The summed E-state index contributed by atoms with van der Waals surface area (Å²) in [6, 6.07) is 2.01. The predicted molar refractivity (Wildman–Crippen MR) is 58.2 cm³/mol. The Morgan fingerprint density at radius 1 is 1.47 bits per heavy atom. The number of rotatable bonds is 8. The molecule has 0 aliphatic heterocycles. The van der Waals surface area contributed by atoms with Crippen LogP contribution in [0, 0.1) is 11.3 Å². The van der Waals surface area contributed by atoms with Crippen molar-refractivity contribution in [3.8, 4) is 6.07 Å². The third-order valence-corrected chi connectivity index (χ3v) is 1.99. The van der Waals surface area contributed by atoms with E-state index in [2.05, 4.69) is 0 Å².